The third kappa shape index (κ3) is 48.3. The third-order valence-electron chi connectivity index (χ3n) is 5.59. The first-order valence-electron chi connectivity index (χ1n) is 14.1. The average Bonchev–Trinajstić information content (AvgIpc) is 2.81. The molecular weight excluding hydrogens is 432 g/mol. The lowest BCUT2D eigenvalue weighted by Gasteiger charge is -2.01. The van der Waals surface area contributed by atoms with Gasteiger partial charge < -0.3 is 20.4 Å². The molecule has 0 fully saturated rings. The first kappa shape index (κ1) is 37.4. The Balaban J connectivity index is -0.000000488. The highest BCUT2D eigenvalue weighted by Crippen LogP contribution is 2.12. The summed E-state index contributed by atoms with van der Waals surface area (Å²) in [6.07, 6.45) is 25.8. The number of carboxylic acid groups (broad SMARTS) is 2. The van der Waals surface area contributed by atoms with Crippen LogP contribution >= 0.6 is 0 Å². The SMILES string of the molecule is CCCCCCCCCCCCC(=O)O.CCCCCCCCCCCCC(=O)O.OCCO. The van der Waals surface area contributed by atoms with Crippen molar-refractivity contribution >= 4 is 11.9 Å². The quantitative estimate of drug-likeness (QED) is 0.109. The number of aliphatic hydroxyl groups is 2. The minimum absolute atomic E-state index is 0.125. The second-order valence-corrected chi connectivity index (χ2v) is 9.10. The van der Waals surface area contributed by atoms with Crippen LogP contribution in [-0.2, 0) is 9.59 Å². The van der Waals surface area contributed by atoms with Crippen LogP contribution < -0.4 is 0 Å². The number of aliphatic carboxylic acids is 2. The summed E-state index contributed by atoms with van der Waals surface area (Å²) in [5.74, 6) is -1.32. The van der Waals surface area contributed by atoms with E-state index in [1.807, 2.05) is 0 Å². The summed E-state index contributed by atoms with van der Waals surface area (Å²) >= 11 is 0. The smallest absolute Gasteiger partial charge is 0.303 e. The maximum Gasteiger partial charge on any atom is 0.303 e. The van der Waals surface area contributed by atoms with Gasteiger partial charge in [-0.1, -0.05) is 129 Å². The normalized spacial score (nSPS) is 10.1. The van der Waals surface area contributed by atoms with Gasteiger partial charge in [-0.15, -0.1) is 0 Å². The van der Waals surface area contributed by atoms with Gasteiger partial charge in [0.1, 0.15) is 0 Å². The predicted octanol–water partition coefficient (Wildman–Crippen LogP) is 7.74. The minimum atomic E-state index is -0.658. The van der Waals surface area contributed by atoms with Crippen LogP contribution in [0.1, 0.15) is 155 Å². The van der Waals surface area contributed by atoms with E-state index in [1.165, 1.54) is 103 Å². The van der Waals surface area contributed by atoms with Crippen LogP contribution in [0, 0.1) is 0 Å². The molecular formula is C28H58O6. The third-order valence-corrected chi connectivity index (χ3v) is 5.59. The van der Waals surface area contributed by atoms with Gasteiger partial charge in [-0.3, -0.25) is 9.59 Å². The number of carbonyl (C=O) groups is 2. The first-order valence-corrected chi connectivity index (χ1v) is 14.1. The van der Waals surface area contributed by atoms with Gasteiger partial charge in [0.25, 0.3) is 0 Å². The molecule has 0 aliphatic rings. The van der Waals surface area contributed by atoms with E-state index in [2.05, 4.69) is 13.8 Å². The molecule has 0 aromatic heterocycles. The molecule has 0 aliphatic heterocycles. The molecule has 0 unspecified atom stereocenters. The maximum atomic E-state index is 10.2. The number of unbranched alkanes of at least 4 members (excludes halogenated alkanes) is 18. The van der Waals surface area contributed by atoms with E-state index in [-0.39, 0.29) is 13.2 Å². The zero-order chi connectivity index (χ0) is 26.1. The largest absolute Gasteiger partial charge is 0.481 e. The standard InChI is InChI=1S/2C13H26O2.C2H6O2/c2*1-2-3-4-5-6-7-8-9-10-11-12-13(14)15;3-1-2-4/h2*2-12H2,1H3,(H,14,15);3-4H,1-2H2. The monoisotopic (exact) mass is 490 g/mol. The number of rotatable bonds is 23. The summed E-state index contributed by atoms with van der Waals surface area (Å²) in [4.78, 5) is 20.5. The van der Waals surface area contributed by atoms with Gasteiger partial charge in [0.2, 0.25) is 0 Å². The summed E-state index contributed by atoms with van der Waals surface area (Å²) < 4.78 is 0. The highest BCUT2D eigenvalue weighted by Gasteiger charge is 1.97. The highest BCUT2D eigenvalue weighted by atomic mass is 16.4. The summed E-state index contributed by atoms with van der Waals surface area (Å²) in [5, 5.41) is 32.1. The maximum absolute atomic E-state index is 10.2. The fraction of sp³-hybridized carbons (Fsp3) is 0.929. The Kier molecular flexibility index (Phi) is 40.1. The summed E-state index contributed by atoms with van der Waals surface area (Å²) in [6, 6.07) is 0. The molecule has 206 valence electrons. The fourth-order valence-electron chi connectivity index (χ4n) is 3.53. The second kappa shape index (κ2) is 36.4. The Morgan fingerprint density at radius 3 is 0.794 bits per heavy atom. The van der Waals surface area contributed by atoms with Crippen molar-refractivity contribution in [1.82, 2.24) is 0 Å². The molecule has 0 bridgehead atoms. The van der Waals surface area contributed by atoms with E-state index in [9.17, 15) is 9.59 Å². The molecule has 0 heterocycles. The van der Waals surface area contributed by atoms with Crippen LogP contribution in [0.15, 0.2) is 0 Å². The van der Waals surface area contributed by atoms with E-state index in [0.717, 1.165) is 25.7 Å². The number of aliphatic hydroxyl groups excluding tert-OH is 2. The molecule has 0 spiro atoms. The predicted molar refractivity (Wildman–Crippen MR) is 142 cm³/mol. The van der Waals surface area contributed by atoms with Crippen molar-refractivity contribution in [2.75, 3.05) is 13.2 Å². The van der Waals surface area contributed by atoms with Gasteiger partial charge >= 0.3 is 11.9 Å². The van der Waals surface area contributed by atoms with E-state index in [1.54, 1.807) is 0 Å². The van der Waals surface area contributed by atoms with Crippen LogP contribution in [0.25, 0.3) is 0 Å². The topological polar surface area (TPSA) is 115 Å². The zero-order valence-electron chi connectivity index (χ0n) is 22.6. The molecule has 6 heteroatoms. The molecule has 34 heavy (non-hydrogen) atoms. The first-order chi connectivity index (χ1) is 16.5. The van der Waals surface area contributed by atoms with Gasteiger partial charge in [0, 0.05) is 12.8 Å². The van der Waals surface area contributed by atoms with Gasteiger partial charge in [0.15, 0.2) is 0 Å². The minimum Gasteiger partial charge on any atom is -0.481 e. The highest BCUT2D eigenvalue weighted by molar-refractivity contribution is 5.66. The average molecular weight is 491 g/mol. The molecule has 6 nitrogen and oxygen atoms in total. The van der Waals surface area contributed by atoms with Gasteiger partial charge in [-0.05, 0) is 12.8 Å². The van der Waals surface area contributed by atoms with Crippen molar-refractivity contribution in [3.8, 4) is 0 Å². The molecule has 0 aromatic rings. The van der Waals surface area contributed by atoms with E-state index in [0.29, 0.717) is 12.8 Å². The lowest BCUT2D eigenvalue weighted by Crippen LogP contribution is -1.93. The zero-order valence-corrected chi connectivity index (χ0v) is 22.6. The molecule has 0 rings (SSSR count). The molecule has 0 atom stereocenters. The number of carboxylic acids is 2. The Hall–Kier alpha value is -1.14. The van der Waals surface area contributed by atoms with Crippen molar-refractivity contribution in [2.45, 2.75) is 155 Å². The second-order valence-electron chi connectivity index (χ2n) is 9.10. The van der Waals surface area contributed by atoms with Crippen molar-refractivity contribution in [3.05, 3.63) is 0 Å². The van der Waals surface area contributed by atoms with E-state index >= 15 is 0 Å². The molecule has 0 saturated carbocycles. The Bertz CT molecular complexity index is 351. The summed E-state index contributed by atoms with van der Waals surface area (Å²) in [7, 11) is 0. The summed E-state index contributed by atoms with van der Waals surface area (Å²) in [6.45, 7) is 4.23. The Labute approximate surface area is 210 Å². The lowest BCUT2D eigenvalue weighted by atomic mass is 10.1. The van der Waals surface area contributed by atoms with Gasteiger partial charge in [-0.25, -0.2) is 0 Å². The van der Waals surface area contributed by atoms with Crippen molar-refractivity contribution in [3.63, 3.8) is 0 Å². The van der Waals surface area contributed by atoms with E-state index < -0.39 is 11.9 Å². The Morgan fingerprint density at radius 2 is 0.618 bits per heavy atom. The summed E-state index contributed by atoms with van der Waals surface area (Å²) in [5.41, 5.74) is 0. The van der Waals surface area contributed by atoms with Gasteiger partial charge in [0.05, 0.1) is 13.2 Å². The van der Waals surface area contributed by atoms with Crippen molar-refractivity contribution < 1.29 is 30.0 Å². The molecule has 4 N–H and O–H groups in total. The Morgan fingerprint density at radius 1 is 0.412 bits per heavy atom. The number of hydrogen-bond donors (Lipinski definition) is 4. The molecule has 0 saturated heterocycles. The van der Waals surface area contributed by atoms with Crippen LogP contribution in [0.5, 0.6) is 0 Å². The lowest BCUT2D eigenvalue weighted by molar-refractivity contribution is -0.138. The molecule has 0 amide bonds. The van der Waals surface area contributed by atoms with Crippen molar-refractivity contribution in [2.24, 2.45) is 0 Å². The van der Waals surface area contributed by atoms with Crippen LogP contribution in [-0.4, -0.2) is 45.6 Å². The van der Waals surface area contributed by atoms with E-state index in [4.69, 9.17) is 20.4 Å². The van der Waals surface area contributed by atoms with Crippen LogP contribution in [0.2, 0.25) is 0 Å². The fourth-order valence-corrected chi connectivity index (χ4v) is 3.53. The molecule has 0 radical (unpaired) electrons. The van der Waals surface area contributed by atoms with Gasteiger partial charge in [-0.2, -0.15) is 0 Å². The van der Waals surface area contributed by atoms with Crippen LogP contribution in [0.3, 0.4) is 0 Å². The van der Waals surface area contributed by atoms with Crippen molar-refractivity contribution in [1.29, 1.82) is 0 Å². The molecule has 0 aromatic carbocycles. The van der Waals surface area contributed by atoms with Crippen LogP contribution in [0.4, 0.5) is 0 Å². The number of hydrogen-bond acceptors (Lipinski definition) is 4. The molecule has 0 aliphatic carbocycles.